The highest BCUT2D eigenvalue weighted by Crippen LogP contribution is 2.32. The van der Waals surface area contributed by atoms with Gasteiger partial charge in [-0.3, -0.25) is 4.79 Å². The molecule has 0 aliphatic heterocycles. The van der Waals surface area contributed by atoms with Crippen LogP contribution < -0.4 is 10.1 Å². The molecule has 0 bridgehead atoms. The Hall–Kier alpha value is -1.22. The zero-order valence-electron chi connectivity index (χ0n) is 14.8. The van der Waals surface area contributed by atoms with Gasteiger partial charge in [-0.15, -0.1) is 0 Å². The van der Waals surface area contributed by atoms with Gasteiger partial charge >= 0.3 is 0 Å². The van der Waals surface area contributed by atoms with Gasteiger partial charge in [-0.2, -0.15) is 4.31 Å². The number of carbonyl (C=O) groups excluding carboxylic acids is 1. The largest absolute Gasteiger partial charge is 0.492 e. The minimum atomic E-state index is -4.04. The Labute approximate surface area is 183 Å². The summed E-state index contributed by atoms with van der Waals surface area (Å²) in [5.41, 5.74) is 0.213. The average Bonchev–Trinajstić information content (AvgIpc) is 2.61. The van der Waals surface area contributed by atoms with E-state index in [2.05, 4.69) is 5.32 Å². The van der Waals surface area contributed by atoms with E-state index in [9.17, 15) is 13.2 Å². The predicted octanol–water partition coefficient (Wildman–Crippen LogP) is 4.96. The van der Waals surface area contributed by atoms with Gasteiger partial charge in [0, 0.05) is 12.1 Å². The second-order valence-electron chi connectivity index (χ2n) is 5.58. The number of anilines is 1. The van der Waals surface area contributed by atoms with E-state index >= 15 is 0 Å². The molecule has 1 N–H and O–H groups in total. The number of likely N-dealkylation sites (N-methyl/N-ethyl adjacent to an activating group) is 1. The zero-order valence-corrected chi connectivity index (χ0v) is 18.6. The van der Waals surface area contributed by atoms with Crippen LogP contribution in [0, 0.1) is 0 Å². The number of benzene rings is 2. The highest BCUT2D eigenvalue weighted by atomic mass is 35.5. The minimum absolute atomic E-state index is 0.135. The number of ether oxygens (including phenoxy) is 1. The van der Waals surface area contributed by atoms with Crippen molar-refractivity contribution in [1.82, 2.24) is 4.31 Å². The first-order chi connectivity index (χ1) is 13.1. The molecule has 0 heterocycles. The van der Waals surface area contributed by atoms with Gasteiger partial charge in [0.1, 0.15) is 10.6 Å². The summed E-state index contributed by atoms with van der Waals surface area (Å²) in [4.78, 5) is 12.2. The Morgan fingerprint density at radius 1 is 1.07 bits per heavy atom. The van der Waals surface area contributed by atoms with Crippen molar-refractivity contribution in [3.8, 4) is 5.75 Å². The standard InChI is InChI=1S/C17H16Cl4N2O4S/c1-3-27-15-5-4-10(18)6-16(15)28(25,26)23(2)9-17(24)22-14-8-12(20)11(19)7-13(14)21/h4-8H,3,9H2,1-2H3,(H,22,24). The van der Waals surface area contributed by atoms with E-state index in [4.69, 9.17) is 51.1 Å². The third kappa shape index (κ3) is 5.43. The highest BCUT2D eigenvalue weighted by molar-refractivity contribution is 7.89. The number of sulfonamides is 1. The van der Waals surface area contributed by atoms with Crippen LogP contribution in [0.5, 0.6) is 5.75 Å². The first-order valence-corrected chi connectivity index (χ1v) is 10.8. The van der Waals surface area contributed by atoms with E-state index in [0.717, 1.165) is 4.31 Å². The highest BCUT2D eigenvalue weighted by Gasteiger charge is 2.27. The molecule has 0 saturated heterocycles. The number of rotatable bonds is 7. The molecule has 152 valence electrons. The molecule has 0 unspecified atom stereocenters. The van der Waals surface area contributed by atoms with Crippen molar-refractivity contribution in [2.75, 3.05) is 25.5 Å². The Bertz CT molecular complexity index is 999. The molecule has 6 nitrogen and oxygen atoms in total. The van der Waals surface area contributed by atoms with Crippen LogP contribution in [0.25, 0.3) is 0 Å². The van der Waals surface area contributed by atoms with Crippen molar-refractivity contribution in [3.05, 3.63) is 50.4 Å². The Balaban J connectivity index is 2.22. The fraction of sp³-hybridized carbons (Fsp3) is 0.235. The van der Waals surface area contributed by atoms with Gasteiger partial charge in [-0.25, -0.2) is 8.42 Å². The molecular formula is C17H16Cl4N2O4S. The maximum absolute atomic E-state index is 12.9. The van der Waals surface area contributed by atoms with Crippen LogP contribution in [0.3, 0.4) is 0 Å². The topological polar surface area (TPSA) is 75.7 Å². The average molecular weight is 486 g/mol. The molecule has 0 aliphatic rings. The zero-order chi connectivity index (χ0) is 21.1. The van der Waals surface area contributed by atoms with Crippen molar-refractivity contribution in [2.24, 2.45) is 0 Å². The van der Waals surface area contributed by atoms with Crippen molar-refractivity contribution in [3.63, 3.8) is 0 Å². The van der Waals surface area contributed by atoms with E-state index in [1.165, 1.54) is 37.4 Å². The number of hydrogen-bond donors (Lipinski definition) is 1. The van der Waals surface area contributed by atoms with Crippen molar-refractivity contribution in [1.29, 1.82) is 0 Å². The number of amides is 1. The monoisotopic (exact) mass is 484 g/mol. The second-order valence-corrected chi connectivity index (χ2v) is 9.25. The second kappa shape index (κ2) is 9.52. The quantitative estimate of drug-likeness (QED) is 0.562. The minimum Gasteiger partial charge on any atom is -0.492 e. The van der Waals surface area contributed by atoms with Gasteiger partial charge in [0.05, 0.1) is 33.9 Å². The van der Waals surface area contributed by atoms with Crippen molar-refractivity contribution >= 4 is 68.0 Å². The summed E-state index contributed by atoms with van der Waals surface area (Å²) in [7, 11) is -2.78. The fourth-order valence-electron chi connectivity index (χ4n) is 2.22. The first kappa shape index (κ1) is 23.1. The molecule has 0 aromatic heterocycles. The lowest BCUT2D eigenvalue weighted by molar-refractivity contribution is -0.116. The van der Waals surface area contributed by atoms with Crippen LogP contribution in [-0.2, 0) is 14.8 Å². The van der Waals surface area contributed by atoms with Gasteiger partial charge in [-0.1, -0.05) is 46.4 Å². The molecule has 0 spiro atoms. The van der Waals surface area contributed by atoms with Crippen LogP contribution in [0.15, 0.2) is 35.2 Å². The van der Waals surface area contributed by atoms with E-state index in [0.29, 0.717) is 0 Å². The number of halogens is 4. The third-order valence-corrected chi connectivity index (χ3v) is 6.64. The van der Waals surface area contributed by atoms with E-state index in [-0.39, 0.29) is 43.0 Å². The van der Waals surface area contributed by atoms with E-state index in [1.54, 1.807) is 6.92 Å². The molecule has 2 aromatic carbocycles. The SMILES string of the molecule is CCOc1ccc(Cl)cc1S(=O)(=O)N(C)CC(=O)Nc1cc(Cl)c(Cl)cc1Cl. The number of carbonyl (C=O) groups is 1. The predicted molar refractivity (Wildman–Crippen MR) is 113 cm³/mol. The van der Waals surface area contributed by atoms with E-state index < -0.39 is 22.5 Å². The molecule has 0 aliphatic carbocycles. The lowest BCUT2D eigenvalue weighted by Crippen LogP contribution is -2.35. The molecule has 2 rings (SSSR count). The summed E-state index contributed by atoms with van der Waals surface area (Å²) in [5, 5.41) is 3.33. The van der Waals surface area contributed by atoms with E-state index in [1.807, 2.05) is 0 Å². The van der Waals surface area contributed by atoms with Gasteiger partial charge < -0.3 is 10.1 Å². The lowest BCUT2D eigenvalue weighted by Gasteiger charge is -2.19. The van der Waals surface area contributed by atoms with Crippen LogP contribution >= 0.6 is 46.4 Å². The fourth-order valence-corrected chi connectivity index (χ4v) is 4.33. The molecule has 0 radical (unpaired) electrons. The Morgan fingerprint density at radius 2 is 1.71 bits per heavy atom. The maximum atomic E-state index is 12.9. The first-order valence-electron chi connectivity index (χ1n) is 7.89. The smallest absolute Gasteiger partial charge is 0.247 e. The normalized spacial score (nSPS) is 11.5. The Kier molecular flexibility index (Phi) is 7.84. The van der Waals surface area contributed by atoms with Gasteiger partial charge in [0.15, 0.2) is 0 Å². The summed E-state index contributed by atoms with van der Waals surface area (Å²) in [6.45, 7) is 1.52. The summed E-state index contributed by atoms with van der Waals surface area (Å²) in [5.74, 6) is -0.474. The molecule has 28 heavy (non-hydrogen) atoms. The van der Waals surface area contributed by atoms with Crippen molar-refractivity contribution < 1.29 is 17.9 Å². The van der Waals surface area contributed by atoms with Gasteiger partial charge in [-0.05, 0) is 37.3 Å². The third-order valence-electron chi connectivity index (χ3n) is 3.54. The summed E-state index contributed by atoms with van der Waals surface area (Å²) < 4.78 is 32.0. The van der Waals surface area contributed by atoms with Crippen LogP contribution in [0.2, 0.25) is 20.1 Å². The lowest BCUT2D eigenvalue weighted by atomic mass is 10.3. The summed E-state index contributed by atoms with van der Waals surface area (Å²) in [6.07, 6.45) is 0. The molecule has 2 aromatic rings. The molecule has 11 heteroatoms. The molecular weight excluding hydrogens is 470 g/mol. The molecule has 0 fully saturated rings. The number of nitrogens with one attached hydrogen (secondary N) is 1. The molecule has 1 amide bonds. The van der Waals surface area contributed by atoms with Crippen LogP contribution in [0.1, 0.15) is 6.92 Å². The number of nitrogens with zero attached hydrogens (tertiary/aromatic N) is 1. The maximum Gasteiger partial charge on any atom is 0.247 e. The Morgan fingerprint density at radius 3 is 2.36 bits per heavy atom. The number of hydrogen-bond acceptors (Lipinski definition) is 4. The summed E-state index contributed by atoms with van der Waals surface area (Å²) >= 11 is 23.7. The van der Waals surface area contributed by atoms with Crippen LogP contribution in [0.4, 0.5) is 5.69 Å². The molecule has 0 saturated carbocycles. The van der Waals surface area contributed by atoms with Crippen LogP contribution in [-0.4, -0.2) is 38.8 Å². The summed E-state index contributed by atoms with van der Waals surface area (Å²) in [6, 6.07) is 7.00. The van der Waals surface area contributed by atoms with Gasteiger partial charge in [0.2, 0.25) is 15.9 Å². The molecule has 0 atom stereocenters. The van der Waals surface area contributed by atoms with Gasteiger partial charge in [0.25, 0.3) is 0 Å². The van der Waals surface area contributed by atoms with Crippen molar-refractivity contribution in [2.45, 2.75) is 11.8 Å².